The summed E-state index contributed by atoms with van der Waals surface area (Å²) in [6.45, 7) is 8.58. The standard InChI is InChI=1S/C16H24N4/c1-5-12-9-8-11(4)20(12)16-14(10-17)13(6-2)15(7-3)18-19-16/h11-12H,5-9H2,1-4H3. The van der Waals surface area contributed by atoms with Crippen LogP contribution in [0.5, 0.6) is 0 Å². The maximum Gasteiger partial charge on any atom is 0.170 e. The molecule has 0 N–H and O–H groups in total. The molecule has 2 unspecified atom stereocenters. The Morgan fingerprint density at radius 3 is 2.50 bits per heavy atom. The van der Waals surface area contributed by atoms with Crippen molar-refractivity contribution in [1.82, 2.24) is 10.2 Å². The summed E-state index contributed by atoms with van der Waals surface area (Å²) in [6.07, 6.45) is 5.11. The van der Waals surface area contributed by atoms with Gasteiger partial charge < -0.3 is 4.90 Å². The van der Waals surface area contributed by atoms with Crippen LogP contribution >= 0.6 is 0 Å². The zero-order valence-electron chi connectivity index (χ0n) is 13.0. The van der Waals surface area contributed by atoms with Crippen LogP contribution < -0.4 is 4.90 Å². The number of rotatable bonds is 4. The van der Waals surface area contributed by atoms with Gasteiger partial charge in [0, 0.05) is 12.1 Å². The molecule has 0 radical (unpaired) electrons. The molecule has 2 atom stereocenters. The molecule has 0 bridgehead atoms. The summed E-state index contributed by atoms with van der Waals surface area (Å²) in [5.41, 5.74) is 2.79. The van der Waals surface area contributed by atoms with Crippen LogP contribution in [0.15, 0.2) is 0 Å². The number of aromatic nitrogens is 2. The van der Waals surface area contributed by atoms with Gasteiger partial charge in [-0.15, -0.1) is 5.10 Å². The Balaban J connectivity index is 2.54. The molecule has 0 spiro atoms. The Bertz CT molecular complexity index is 518. The predicted molar refractivity (Wildman–Crippen MR) is 80.8 cm³/mol. The maximum atomic E-state index is 9.61. The fourth-order valence-electron chi connectivity index (χ4n) is 3.31. The smallest absolute Gasteiger partial charge is 0.170 e. The van der Waals surface area contributed by atoms with Gasteiger partial charge in [-0.3, -0.25) is 0 Å². The summed E-state index contributed by atoms with van der Waals surface area (Å²) in [5, 5.41) is 18.4. The first kappa shape index (κ1) is 14.8. The minimum absolute atomic E-state index is 0.443. The number of nitriles is 1. The third-order valence-electron chi connectivity index (χ3n) is 4.44. The lowest BCUT2D eigenvalue weighted by Crippen LogP contribution is -2.36. The molecule has 2 rings (SSSR count). The van der Waals surface area contributed by atoms with Crippen molar-refractivity contribution in [2.24, 2.45) is 0 Å². The highest BCUT2D eigenvalue weighted by Gasteiger charge is 2.33. The van der Waals surface area contributed by atoms with Crippen LogP contribution in [0, 0.1) is 11.3 Å². The van der Waals surface area contributed by atoms with Crippen molar-refractivity contribution in [2.45, 2.75) is 71.9 Å². The van der Waals surface area contributed by atoms with Gasteiger partial charge in [0.05, 0.1) is 5.69 Å². The lowest BCUT2D eigenvalue weighted by Gasteiger charge is -2.30. The van der Waals surface area contributed by atoms with Crippen molar-refractivity contribution < 1.29 is 0 Å². The zero-order valence-corrected chi connectivity index (χ0v) is 13.0. The van der Waals surface area contributed by atoms with Gasteiger partial charge in [-0.2, -0.15) is 10.4 Å². The van der Waals surface area contributed by atoms with Crippen molar-refractivity contribution in [3.63, 3.8) is 0 Å². The van der Waals surface area contributed by atoms with E-state index in [0.29, 0.717) is 12.1 Å². The summed E-state index contributed by atoms with van der Waals surface area (Å²) in [4.78, 5) is 2.32. The lowest BCUT2D eigenvalue weighted by molar-refractivity contribution is 0.614. The maximum absolute atomic E-state index is 9.61. The second kappa shape index (κ2) is 6.21. The molecule has 20 heavy (non-hydrogen) atoms. The highest BCUT2D eigenvalue weighted by Crippen LogP contribution is 2.34. The van der Waals surface area contributed by atoms with Gasteiger partial charge in [0.25, 0.3) is 0 Å². The van der Waals surface area contributed by atoms with Gasteiger partial charge in [-0.1, -0.05) is 20.8 Å². The Hall–Kier alpha value is -1.63. The van der Waals surface area contributed by atoms with Gasteiger partial charge in [0.15, 0.2) is 5.82 Å². The Morgan fingerprint density at radius 1 is 1.20 bits per heavy atom. The van der Waals surface area contributed by atoms with Crippen molar-refractivity contribution in [1.29, 1.82) is 5.26 Å². The van der Waals surface area contributed by atoms with E-state index in [9.17, 15) is 5.26 Å². The second-order valence-electron chi connectivity index (χ2n) is 5.54. The fraction of sp³-hybridized carbons (Fsp3) is 0.688. The summed E-state index contributed by atoms with van der Waals surface area (Å²) in [7, 11) is 0. The number of hydrogen-bond donors (Lipinski definition) is 0. The first-order valence-corrected chi connectivity index (χ1v) is 7.74. The predicted octanol–water partition coefficient (Wildman–Crippen LogP) is 3.24. The molecule has 108 valence electrons. The van der Waals surface area contributed by atoms with Gasteiger partial charge in [-0.05, 0) is 44.6 Å². The first-order valence-electron chi connectivity index (χ1n) is 7.74. The lowest BCUT2D eigenvalue weighted by atomic mass is 10.0. The van der Waals surface area contributed by atoms with Gasteiger partial charge >= 0.3 is 0 Å². The monoisotopic (exact) mass is 272 g/mol. The van der Waals surface area contributed by atoms with E-state index < -0.39 is 0 Å². The Kier molecular flexibility index (Phi) is 4.59. The van der Waals surface area contributed by atoms with E-state index in [-0.39, 0.29) is 0 Å². The van der Waals surface area contributed by atoms with Crippen molar-refractivity contribution in [2.75, 3.05) is 4.90 Å². The third-order valence-corrected chi connectivity index (χ3v) is 4.44. The minimum Gasteiger partial charge on any atom is -0.348 e. The minimum atomic E-state index is 0.443. The molecule has 4 heteroatoms. The average Bonchev–Trinajstić information content (AvgIpc) is 2.86. The van der Waals surface area contributed by atoms with Gasteiger partial charge in [0.2, 0.25) is 0 Å². The highest BCUT2D eigenvalue weighted by molar-refractivity contribution is 5.59. The number of nitrogens with zero attached hydrogens (tertiary/aromatic N) is 4. The SMILES string of the molecule is CCc1nnc(N2C(C)CCC2CC)c(C#N)c1CC. The molecule has 0 saturated carbocycles. The van der Waals surface area contributed by atoms with E-state index in [1.807, 2.05) is 0 Å². The topological polar surface area (TPSA) is 52.8 Å². The van der Waals surface area contributed by atoms with Crippen LogP contribution in [0.2, 0.25) is 0 Å². The van der Waals surface area contributed by atoms with Crippen molar-refractivity contribution in [3.05, 3.63) is 16.8 Å². The second-order valence-corrected chi connectivity index (χ2v) is 5.54. The fourth-order valence-corrected chi connectivity index (χ4v) is 3.31. The van der Waals surface area contributed by atoms with E-state index in [2.05, 4.69) is 48.9 Å². The average molecular weight is 272 g/mol. The van der Waals surface area contributed by atoms with Crippen LogP contribution in [0.4, 0.5) is 5.82 Å². The van der Waals surface area contributed by atoms with Crippen LogP contribution in [0.3, 0.4) is 0 Å². The Morgan fingerprint density at radius 2 is 1.95 bits per heavy atom. The molecule has 1 saturated heterocycles. The third kappa shape index (κ3) is 2.37. The van der Waals surface area contributed by atoms with E-state index in [4.69, 9.17) is 0 Å². The molecule has 1 aliphatic heterocycles. The summed E-state index contributed by atoms with van der Waals surface area (Å²) in [5.74, 6) is 0.804. The molecule has 0 amide bonds. The number of hydrogen-bond acceptors (Lipinski definition) is 4. The van der Waals surface area contributed by atoms with E-state index in [1.165, 1.54) is 12.8 Å². The molecule has 0 aliphatic carbocycles. The van der Waals surface area contributed by atoms with Gasteiger partial charge in [0.1, 0.15) is 11.6 Å². The number of aryl methyl sites for hydroxylation is 1. The molecule has 4 nitrogen and oxygen atoms in total. The molecule has 2 heterocycles. The van der Waals surface area contributed by atoms with Crippen molar-refractivity contribution in [3.8, 4) is 6.07 Å². The van der Waals surface area contributed by atoms with Gasteiger partial charge in [-0.25, -0.2) is 0 Å². The molecule has 1 aliphatic rings. The van der Waals surface area contributed by atoms with E-state index >= 15 is 0 Å². The quantitative estimate of drug-likeness (QED) is 0.844. The van der Waals surface area contributed by atoms with Crippen LogP contribution in [0.25, 0.3) is 0 Å². The molecular formula is C16H24N4. The molecular weight excluding hydrogens is 248 g/mol. The number of anilines is 1. The highest BCUT2D eigenvalue weighted by atomic mass is 15.3. The molecule has 1 aromatic rings. The summed E-state index contributed by atoms with van der Waals surface area (Å²) in [6, 6.07) is 3.32. The van der Waals surface area contributed by atoms with E-state index in [1.54, 1.807) is 0 Å². The summed E-state index contributed by atoms with van der Waals surface area (Å²) < 4.78 is 0. The Labute approximate surface area is 121 Å². The van der Waals surface area contributed by atoms with Crippen molar-refractivity contribution >= 4 is 5.82 Å². The summed E-state index contributed by atoms with van der Waals surface area (Å²) >= 11 is 0. The van der Waals surface area contributed by atoms with Crippen LogP contribution in [0.1, 0.15) is 63.8 Å². The largest absolute Gasteiger partial charge is 0.348 e. The van der Waals surface area contributed by atoms with Crippen LogP contribution in [-0.4, -0.2) is 22.3 Å². The first-order chi connectivity index (χ1) is 9.67. The molecule has 1 fully saturated rings. The zero-order chi connectivity index (χ0) is 14.7. The molecule has 0 aromatic carbocycles. The normalized spacial score (nSPS) is 22.1. The van der Waals surface area contributed by atoms with E-state index in [0.717, 1.165) is 41.9 Å². The van der Waals surface area contributed by atoms with Crippen LogP contribution in [-0.2, 0) is 12.8 Å². The molecule has 1 aromatic heterocycles.